The molecule has 24 heavy (non-hydrogen) atoms. The number of carbonyl (C=O) groups excluding carboxylic acids is 1. The smallest absolute Gasteiger partial charge is 0.225 e. The largest absolute Gasteiger partial charge is 0.309 e. The summed E-state index contributed by atoms with van der Waals surface area (Å²) in [4.78, 5) is 16.9. The Morgan fingerprint density at radius 2 is 2.25 bits per heavy atom. The molecule has 3 aromatic rings. The van der Waals surface area contributed by atoms with Crippen LogP contribution in [0.2, 0.25) is 4.34 Å². The van der Waals surface area contributed by atoms with Crippen LogP contribution in [-0.2, 0) is 11.2 Å². The standard InChI is InChI=1S/C16H14ClFN4OS/c1-9-15(11-6-7-19-8-12(11)18)21-22-16(9)20-14(23)5-3-10-2-4-13(17)24-10/h2,4,6-8H,3,5H2,1H3,(H2,20,21,22,23). The molecule has 0 aliphatic heterocycles. The number of pyridine rings is 1. The minimum Gasteiger partial charge on any atom is -0.309 e. The van der Waals surface area contributed by atoms with Crippen molar-refractivity contribution in [1.29, 1.82) is 0 Å². The number of aryl methyl sites for hydroxylation is 1. The number of hydrogen-bond acceptors (Lipinski definition) is 4. The van der Waals surface area contributed by atoms with Gasteiger partial charge in [-0.25, -0.2) is 4.39 Å². The van der Waals surface area contributed by atoms with Gasteiger partial charge >= 0.3 is 0 Å². The van der Waals surface area contributed by atoms with Crippen molar-refractivity contribution in [2.45, 2.75) is 19.8 Å². The van der Waals surface area contributed by atoms with E-state index in [0.717, 1.165) is 11.1 Å². The van der Waals surface area contributed by atoms with Crippen molar-refractivity contribution >= 4 is 34.7 Å². The molecule has 0 saturated heterocycles. The van der Waals surface area contributed by atoms with E-state index in [-0.39, 0.29) is 5.91 Å². The Bertz CT molecular complexity index is 877. The first-order valence-electron chi connectivity index (χ1n) is 7.23. The third-order valence-electron chi connectivity index (χ3n) is 3.54. The molecular weight excluding hydrogens is 351 g/mol. The first-order valence-corrected chi connectivity index (χ1v) is 8.43. The zero-order valence-corrected chi connectivity index (χ0v) is 14.3. The molecule has 0 radical (unpaired) electrons. The number of rotatable bonds is 5. The van der Waals surface area contributed by atoms with Crippen LogP contribution in [0.3, 0.4) is 0 Å². The highest BCUT2D eigenvalue weighted by molar-refractivity contribution is 7.16. The monoisotopic (exact) mass is 364 g/mol. The van der Waals surface area contributed by atoms with Gasteiger partial charge in [0, 0.05) is 28.6 Å². The van der Waals surface area contributed by atoms with E-state index in [2.05, 4.69) is 20.5 Å². The number of carbonyl (C=O) groups is 1. The maximum Gasteiger partial charge on any atom is 0.225 e. The molecule has 0 atom stereocenters. The molecule has 1 amide bonds. The number of hydrogen-bond donors (Lipinski definition) is 2. The second-order valence-corrected chi connectivity index (χ2v) is 6.98. The average Bonchev–Trinajstić information content (AvgIpc) is 3.13. The Morgan fingerprint density at radius 3 is 2.96 bits per heavy atom. The normalized spacial score (nSPS) is 10.8. The van der Waals surface area contributed by atoms with Crippen LogP contribution in [0.1, 0.15) is 16.9 Å². The second-order valence-electron chi connectivity index (χ2n) is 5.18. The SMILES string of the molecule is Cc1c(NC(=O)CCc2ccc(Cl)s2)n[nH]c1-c1ccncc1F. The fourth-order valence-electron chi connectivity index (χ4n) is 2.28. The Kier molecular flexibility index (Phi) is 4.92. The number of aromatic nitrogens is 3. The van der Waals surface area contributed by atoms with E-state index in [1.54, 1.807) is 13.0 Å². The van der Waals surface area contributed by atoms with Gasteiger partial charge in [-0.05, 0) is 31.5 Å². The summed E-state index contributed by atoms with van der Waals surface area (Å²) in [5.41, 5.74) is 1.56. The third-order valence-corrected chi connectivity index (χ3v) is 4.83. The molecule has 0 fully saturated rings. The lowest BCUT2D eigenvalue weighted by Crippen LogP contribution is -2.13. The van der Waals surface area contributed by atoms with Gasteiger partial charge in [-0.1, -0.05) is 11.6 Å². The maximum absolute atomic E-state index is 13.8. The molecule has 5 nitrogen and oxygen atoms in total. The van der Waals surface area contributed by atoms with Crippen molar-refractivity contribution in [3.8, 4) is 11.3 Å². The highest BCUT2D eigenvalue weighted by Gasteiger charge is 2.16. The predicted octanol–water partition coefficient (Wildman–Crippen LogP) is 4.21. The summed E-state index contributed by atoms with van der Waals surface area (Å²) < 4.78 is 14.5. The van der Waals surface area contributed by atoms with Crippen molar-refractivity contribution < 1.29 is 9.18 Å². The summed E-state index contributed by atoms with van der Waals surface area (Å²) in [6, 6.07) is 5.28. The maximum atomic E-state index is 13.8. The van der Waals surface area contributed by atoms with E-state index in [1.165, 1.54) is 17.5 Å². The zero-order chi connectivity index (χ0) is 17.1. The van der Waals surface area contributed by atoms with Crippen molar-refractivity contribution in [3.63, 3.8) is 0 Å². The number of thiophene rings is 1. The minimum absolute atomic E-state index is 0.157. The molecule has 3 heterocycles. The summed E-state index contributed by atoms with van der Waals surface area (Å²) >= 11 is 7.33. The van der Waals surface area contributed by atoms with Gasteiger partial charge in [0.15, 0.2) is 11.6 Å². The first-order chi connectivity index (χ1) is 11.5. The van der Waals surface area contributed by atoms with Crippen LogP contribution in [-0.4, -0.2) is 21.1 Å². The van der Waals surface area contributed by atoms with Crippen LogP contribution in [0.25, 0.3) is 11.3 Å². The summed E-state index contributed by atoms with van der Waals surface area (Å²) in [5, 5.41) is 9.58. The van der Waals surface area contributed by atoms with E-state index < -0.39 is 5.82 Å². The first kappa shape index (κ1) is 16.6. The van der Waals surface area contributed by atoms with Gasteiger partial charge in [0.05, 0.1) is 16.2 Å². The van der Waals surface area contributed by atoms with E-state index in [9.17, 15) is 9.18 Å². The Balaban J connectivity index is 1.68. The fraction of sp³-hybridized carbons (Fsp3) is 0.188. The molecule has 0 bridgehead atoms. The van der Waals surface area contributed by atoms with Gasteiger partial charge in [-0.2, -0.15) is 5.10 Å². The highest BCUT2D eigenvalue weighted by atomic mass is 35.5. The van der Waals surface area contributed by atoms with Gasteiger partial charge in [0.1, 0.15) is 0 Å². The van der Waals surface area contributed by atoms with Crippen LogP contribution < -0.4 is 5.32 Å². The molecule has 0 unspecified atom stereocenters. The van der Waals surface area contributed by atoms with E-state index in [1.807, 2.05) is 12.1 Å². The zero-order valence-electron chi connectivity index (χ0n) is 12.8. The Labute approximate surface area is 146 Å². The summed E-state index contributed by atoms with van der Waals surface area (Å²) in [6.45, 7) is 1.77. The van der Waals surface area contributed by atoms with Gasteiger partial charge in [0.2, 0.25) is 5.91 Å². The number of amides is 1. The Hall–Kier alpha value is -2.25. The van der Waals surface area contributed by atoms with Crippen molar-refractivity contribution in [2.75, 3.05) is 5.32 Å². The topological polar surface area (TPSA) is 70.7 Å². The van der Waals surface area contributed by atoms with Crippen LogP contribution in [0.5, 0.6) is 0 Å². The highest BCUT2D eigenvalue weighted by Crippen LogP contribution is 2.27. The molecule has 0 aliphatic carbocycles. The number of anilines is 1. The molecule has 0 saturated carbocycles. The van der Waals surface area contributed by atoms with Crippen LogP contribution >= 0.6 is 22.9 Å². The number of H-pyrrole nitrogens is 1. The lowest BCUT2D eigenvalue weighted by atomic mass is 10.1. The van der Waals surface area contributed by atoms with E-state index in [4.69, 9.17) is 11.6 Å². The lowest BCUT2D eigenvalue weighted by Gasteiger charge is -2.04. The second kappa shape index (κ2) is 7.11. The average molecular weight is 365 g/mol. The van der Waals surface area contributed by atoms with E-state index >= 15 is 0 Å². The molecular formula is C16H14ClFN4OS. The molecule has 3 aromatic heterocycles. The molecule has 124 valence electrons. The molecule has 0 aromatic carbocycles. The minimum atomic E-state index is -0.447. The number of aromatic amines is 1. The van der Waals surface area contributed by atoms with Gasteiger partial charge in [0.25, 0.3) is 0 Å². The summed E-state index contributed by atoms with van der Waals surface area (Å²) in [6.07, 6.45) is 3.57. The quantitative estimate of drug-likeness (QED) is 0.712. The lowest BCUT2D eigenvalue weighted by molar-refractivity contribution is -0.116. The summed E-state index contributed by atoms with van der Waals surface area (Å²) in [5.74, 6) is -0.206. The molecule has 3 rings (SSSR count). The van der Waals surface area contributed by atoms with Crippen LogP contribution in [0.4, 0.5) is 10.2 Å². The van der Waals surface area contributed by atoms with Crippen LogP contribution in [0, 0.1) is 12.7 Å². The Morgan fingerprint density at radius 1 is 1.42 bits per heavy atom. The molecule has 0 spiro atoms. The number of halogens is 2. The van der Waals surface area contributed by atoms with Gasteiger partial charge in [-0.3, -0.25) is 14.9 Å². The van der Waals surface area contributed by atoms with Crippen molar-refractivity contribution in [2.24, 2.45) is 0 Å². The van der Waals surface area contributed by atoms with Gasteiger partial charge in [-0.15, -0.1) is 11.3 Å². The molecule has 2 N–H and O–H groups in total. The van der Waals surface area contributed by atoms with Crippen molar-refractivity contribution in [3.05, 3.63) is 51.2 Å². The van der Waals surface area contributed by atoms with Crippen molar-refractivity contribution in [1.82, 2.24) is 15.2 Å². The number of nitrogens with zero attached hydrogens (tertiary/aromatic N) is 2. The summed E-state index contributed by atoms with van der Waals surface area (Å²) in [7, 11) is 0. The molecule has 8 heteroatoms. The molecule has 0 aliphatic rings. The fourth-order valence-corrected chi connectivity index (χ4v) is 3.36. The van der Waals surface area contributed by atoms with Crippen LogP contribution in [0.15, 0.2) is 30.6 Å². The van der Waals surface area contributed by atoms with E-state index in [0.29, 0.717) is 39.8 Å². The third kappa shape index (κ3) is 3.63. The number of nitrogens with one attached hydrogen (secondary N) is 2. The predicted molar refractivity (Wildman–Crippen MR) is 92.8 cm³/mol. The van der Waals surface area contributed by atoms with Gasteiger partial charge < -0.3 is 5.32 Å².